The summed E-state index contributed by atoms with van der Waals surface area (Å²) in [6.07, 6.45) is 1.80. The number of nitro groups is 1. The molecule has 0 aliphatic carbocycles. The van der Waals surface area contributed by atoms with E-state index in [2.05, 4.69) is 31.1 Å². The van der Waals surface area contributed by atoms with Crippen molar-refractivity contribution in [2.45, 2.75) is 26.3 Å². The van der Waals surface area contributed by atoms with E-state index in [1.54, 1.807) is 24.4 Å². The molecule has 2 heterocycles. The molecule has 0 spiro atoms. The van der Waals surface area contributed by atoms with E-state index in [0.717, 1.165) is 22.7 Å². The highest BCUT2D eigenvalue weighted by Gasteiger charge is 2.20. The second-order valence-electron chi connectivity index (χ2n) is 6.56. The zero-order chi connectivity index (χ0) is 17.5. The van der Waals surface area contributed by atoms with E-state index in [0.29, 0.717) is 5.02 Å². The number of rotatable bonds is 3. The topological polar surface area (TPSA) is 72.5 Å². The molecule has 2 aromatic heterocycles. The quantitative estimate of drug-likeness (QED) is 0.548. The average molecular weight is 345 g/mol. The van der Waals surface area contributed by atoms with Crippen molar-refractivity contribution in [2.24, 2.45) is 0 Å². The molecule has 0 fully saturated rings. The molecule has 1 aromatic carbocycles. The number of anilines is 1. The number of benzene rings is 1. The van der Waals surface area contributed by atoms with Crippen LogP contribution >= 0.6 is 11.6 Å². The summed E-state index contributed by atoms with van der Waals surface area (Å²) in [7, 11) is 0. The van der Waals surface area contributed by atoms with E-state index in [9.17, 15) is 10.1 Å². The Morgan fingerprint density at radius 3 is 2.42 bits per heavy atom. The number of aromatic nitrogens is 2. The van der Waals surface area contributed by atoms with Gasteiger partial charge in [0.25, 0.3) is 5.69 Å². The van der Waals surface area contributed by atoms with Crippen molar-refractivity contribution in [1.82, 2.24) is 9.38 Å². The normalized spacial score (nSPS) is 11.7. The molecular formula is C17H17ClN4O2. The largest absolute Gasteiger partial charge is 0.365 e. The van der Waals surface area contributed by atoms with Crippen molar-refractivity contribution in [1.29, 1.82) is 0 Å². The van der Waals surface area contributed by atoms with Gasteiger partial charge in [-0.1, -0.05) is 11.6 Å². The molecule has 0 atom stereocenters. The molecule has 0 aliphatic rings. The van der Waals surface area contributed by atoms with Crippen LogP contribution in [0.2, 0.25) is 5.02 Å². The molecule has 3 aromatic rings. The first-order valence-corrected chi connectivity index (χ1v) is 7.83. The van der Waals surface area contributed by atoms with Crippen molar-refractivity contribution in [3.8, 4) is 11.3 Å². The Hall–Kier alpha value is -2.60. The number of halogens is 1. The molecule has 0 unspecified atom stereocenters. The zero-order valence-corrected chi connectivity index (χ0v) is 14.3. The summed E-state index contributed by atoms with van der Waals surface area (Å²) in [4.78, 5) is 15.1. The number of non-ortho nitro benzene ring substituents is 1. The molecule has 7 heteroatoms. The maximum absolute atomic E-state index is 10.8. The molecule has 0 saturated carbocycles. The SMILES string of the molecule is CC(C)(C)Nc1c(-c2ccc([N+](=O)[O-])cc2)nc2ccc(Cl)cn12. The van der Waals surface area contributed by atoms with Crippen LogP contribution in [0.5, 0.6) is 0 Å². The van der Waals surface area contributed by atoms with Gasteiger partial charge < -0.3 is 5.32 Å². The Morgan fingerprint density at radius 2 is 1.83 bits per heavy atom. The fourth-order valence-corrected chi connectivity index (χ4v) is 2.60. The highest BCUT2D eigenvalue weighted by molar-refractivity contribution is 6.30. The van der Waals surface area contributed by atoms with Gasteiger partial charge in [-0.15, -0.1) is 0 Å². The number of imidazole rings is 1. The second-order valence-corrected chi connectivity index (χ2v) is 7.00. The van der Waals surface area contributed by atoms with Gasteiger partial charge in [-0.25, -0.2) is 4.98 Å². The van der Waals surface area contributed by atoms with Crippen LogP contribution in [-0.2, 0) is 0 Å². The van der Waals surface area contributed by atoms with Crippen molar-refractivity contribution in [2.75, 3.05) is 5.32 Å². The molecule has 0 saturated heterocycles. The highest BCUT2D eigenvalue weighted by atomic mass is 35.5. The fraction of sp³-hybridized carbons (Fsp3) is 0.235. The molecule has 3 rings (SSSR count). The molecular weight excluding hydrogens is 328 g/mol. The van der Waals surface area contributed by atoms with Gasteiger partial charge in [-0.3, -0.25) is 14.5 Å². The number of nitrogens with one attached hydrogen (secondary N) is 1. The van der Waals surface area contributed by atoms with Crippen molar-refractivity contribution >= 4 is 28.8 Å². The summed E-state index contributed by atoms with van der Waals surface area (Å²) < 4.78 is 1.89. The number of hydrogen-bond acceptors (Lipinski definition) is 4. The Bertz CT molecular complexity index is 911. The lowest BCUT2D eigenvalue weighted by Gasteiger charge is -2.22. The van der Waals surface area contributed by atoms with Crippen LogP contribution in [0, 0.1) is 10.1 Å². The van der Waals surface area contributed by atoms with Crippen LogP contribution in [0.4, 0.5) is 11.5 Å². The first-order valence-electron chi connectivity index (χ1n) is 7.45. The third-order valence-corrected chi connectivity index (χ3v) is 3.65. The maximum Gasteiger partial charge on any atom is 0.269 e. The van der Waals surface area contributed by atoms with Gasteiger partial charge in [-0.05, 0) is 45.0 Å². The Labute approximate surface area is 144 Å². The predicted octanol–water partition coefficient (Wildman–Crippen LogP) is 4.77. The minimum atomic E-state index is -0.415. The van der Waals surface area contributed by atoms with E-state index in [1.165, 1.54) is 12.1 Å². The lowest BCUT2D eigenvalue weighted by atomic mass is 10.1. The number of fused-ring (bicyclic) bond motifs is 1. The standard InChI is InChI=1S/C17H17ClN4O2/c1-17(2,3)20-16-15(11-4-7-13(8-5-11)22(23)24)19-14-9-6-12(18)10-21(14)16/h4-10,20H,1-3H3. The number of nitrogens with zero attached hydrogens (tertiary/aromatic N) is 3. The van der Waals surface area contributed by atoms with Gasteiger partial charge in [0.15, 0.2) is 0 Å². The molecule has 1 N–H and O–H groups in total. The third-order valence-electron chi connectivity index (χ3n) is 3.43. The first kappa shape index (κ1) is 16.3. The maximum atomic E-state index is 10.8. The smallest absolute Gasteiger partial charge is 0.269 e. The lowest BCUT2D eigenvalue weighted by molar-refractivity contribution is -0.384. The van der Waals surface area contributed by atoms with E-state index in [4.69, 9.17) is 11.6 Å². The van der Waals surface area contributed by atoms with E-state index in [1.807, 2.05) is 10.5 Å². The van der Waals surface area contributed by atoms with Crippen LogP contribution in [-0.4, -0.2) is 19.8 Å². The summed E-state index contributed by atoms with van der Waals surface area (Å²) in [5, 5.41) is 14.9. The van der Waals surface area contributed by atoms with Gasteiger partial charge in [0.1, 0.15) is 17.2 Å². The molecule has 0 amide bonds. The van der Waals surface area contributed by atoms with Gasteiger partial charge in [0, 0.05) is 29.4 Å². The van der Waals surface area contributed by atoms with Crippen molar-refractivity contribution in [3.05, 3.63) is 57.7 Å². The van der Waals surface area contributed by atoms with Crippen molar-refractivity contribution in [3.63, 3.8) is 0 Å². The number of nitro benzene ring substituents is 1. The number of hydrogen-bond donors (Lipinski definition) is 1. The van der Waals surface area contributed by atoms with Crippen LogP contribution < -0.4 is 5.32 Å². The predicted molar refractivity (Wildman–Crippen MR) is 95.7 cm³/mol. The summed E-state index contributed by atoms with van der Waals surface area (Å²) >= 11 is 6.12. The fourth-order valence-electron chi connectivity index (χ4n) is 2.44. The highest BCUT2D eigenvalue weighted by Crippen LogP contribution is 2.32. The minimum absolute atomic E-state index is 0.0517. The molecule has 124 valence electrons. The van der Waals surface area contributed by atoms with Gasteiger partial charge in [0.2, 0.25) is 0 Å². The van der Waals surface area contributed by atoms with Crippen LogP contribution in [0.15, 0.2) is 42.6 Å². The average Bonchev–Trinajstić information content (AvgIpc) is 2.84. The van der Waals surface area contributed by atoms with E-state index in [-0.39, 0.29) is 11.2 Å². The van der Waals surface area contributed by atoms with Gasteiger partial charge in [0.05, 0.1) is 9.95 Å². The molecule has 0 radical (unpaired) electrons. The Kier molecular flexibility index (Phi) is 3.93. The van der Waals surface area contributed by atoms with Gasteiger partial charge in [-0.2, -0.15) is 0 Å². The van der Waals surface area contributed by atoms with Crippen LogP contribution in [0.3, 0.4) is 0 Å². The molecule has 6 nitrogen and oxygen atoms in total. The first-order chi connectivity index (χ1) is 11.2. The summed E-state index contributed by atoms with van der Waals surface area (Å²) in [6.45, 7) is 6.16. The Morgan fingerprint density at radius 1 is 1.17 bits per heavy atom. The zero-order valence-electron chi connectivity index (χ0n) is 13.6. The number of pyridine rings is 1. The van der Waals surface area contributed by atoms with Crippen LogP contribution in [0.1, 0.15) is 20.8 Å². The van der Waals surface area contributed by atoms with Crippen molar-refractivity contribution < 1.29 is 4.92 Å². The monoisotopic (exact) mass is 344 g/mol. The third kappa shape index (κ3) is 3.19. The van der Waals surface area contributed by atoms with E-state index >= 15 is 0 Å². The summed E-state index contributed by atoms with van der Waals surface area (Å²) in [5.74, 6) is 0.800. The van der Waals surface area contributed by atoms with Crippen LogP contribution in [0.25, 0.3) is 16.9 Å². The second kappa shape index (κ2) is 5.79. The minimum Gasteiger partial charge on any atom is -0.365 e. The summed E-state index contributed by atoms with van der Waals surface area (Å²) in [5.41, 5.74) is 2.14. The lowest BCUT2D eigenvalue weighted by Crippen LogP contribution is -2.27. The molecule has 24 heavy (non-hydrogen) atoms. The van der Waals surface area contributed by atoms with E-state index < -0.39 is 4.92 Å². The Balaban J connectivity index is 2.18. The van der Waals surface area contributed by atoms with Gasteiger partial charge >= 0.3 is 0 Å². The summed E-state index contributed by atoms with van der Waals surface area (Å²) in [6, 6.07) is 9.99. The molecule has 0 aliphatic heterocycles. The molecule has 0 bridgehead atoms.